The zero-order valence-electron chi connectivity index (χ0n) is 12.5. The van der Waals surface area contributed by atoms with Crippen molar-refractivity contribution in [2.75, 3.05) is 0 Å². The third-order valence-electron chi connectivity index (χ3n) is 1.79. The molecular formula is C12H22Cl2N2Si2Ti-2. The van der Waals surface area contributed by atoms with Gasteiger partial charge in [0.15, 0.2) is 0 Å². The molecule has 0 aromatic heterocycles. The predicted octanol–water partition coefficient (Wildman–Crippen LogP) is 6.74. The fraction of sp³-hybridized carbons (Fsp3) is 0.500. The van der Waals surface area contributed by atoms with Gasteiger partial charge in [-0.2, -0.15) is 11.4 Å². The first-order valence-corrected chi connectivity index (χ1v) is 17.3. The summed E-state index contributed by atoms with van der Waals surface area (Å²) < 4.78 is 0. The van der Waals surface area contributed by atoms with Gasteiger partial charge >= 0.3 is 35.6 Å². The molecule has 2 nitrogen and oxygen atoms in total. The molecular weight excluding hydrogens is 347 g/mol. The first-order valence-electron chi connectivity index (χ1n) is 6.10. The van der Waals surface area contributed by atoms with Crippen molar-refractivity contribution >= 4 is 46.5 Å². The van der Waals surface area contributed by atoms with E-state index >= 15 is 0 Å². The fourth-order valence-corrected chi connectivity index (χ4v) is 3.20. The van der Waals surface area contributed by atoms with Gasteiger partial charge in [0.2, 0.25) is 0 Å². The molecule has 0 aliphatic rings. The summed E-state index contributed by atoms with van der Waals surface area (Å²) in [7, 11) is 6.93. The van der Waals surface area contributed by atoms with Crippen LogP contribution in [0.4, 0.5) is 11.4 Å². The molecule has 0 radical (unpaired) electrons. The topological polar surface area (TPSA) is 28.2 Å². The van der Waals surface area contributed by atoms with E-state index < -0.39 is 33.5 Å². The third kappa shape index (κ3) is 10.9. The van der Waals surface area contributed by atoms with E-state index in [-0.39, 0.29) is 0 Å². The molecule has 1 aromatic rings. The van der Waals surface area contributed by atoms with E-state index in [2.05, 4.69) is 51.4 Å². The molecule has 0 aliphatic carbocycles. The van der Waals surface area contributed by atoms with E-state index in [9.17, 15) is 0 Å². The maximum atomic E-state index is 4.89. The average Bonchev–Trinajstić information content (AvgIpc) is 2.18. The third-order valence-corrected chi connectivity index (χ3v) is 3.62. The van der Waals surface area contributed by atoms with Crippen LogP contribution in [-0.2, 0) is 17.0 Å². The second-order valence-electron chi connectivity index (χ2n) is 6.13. The Morgan fingerprint density at radius 2 is 1.05 bits per heavy atom. The van der Waals surface area contributed by atoms with Crippen molar-refractivity contribution in [2.24, 2.45) is 0 Å². The molecule has 0 heterocycles. The standard InChI is InChI=1S/C12H22N2Si2.2ClH.Ti/c1-15(2,3)13-11-9-7-8-10-12(11)14-16(4,5)6;;;/h7-10H,1-6H3;2*1H;/q-2;;;+2/p-2. The van der Waals surface area contributed by atoms with Gasteiger partial charge in [0.25, 0.3) is 0 Å². The summed E-state index contributed by atoms with van der Waals surface area (Å²) in [6.45, 7) is 13.5. The summed E-state index contributed by atoms with van der Waals surface area (Å²) in [5.41, 5.74) is 2.15. The molecule has 0 N–H and O–H groups in total. The molecule has 0 aliphatic heterocycles. The Kier molecular flexibility index (Phi) is 9.00. The van der Waals surface area contributed by atoms with Crippen LogP contribution in [0.2, 0.25) is 39.3 Å². The molecule has 0 bridgehead atoms. The van der Waals surface area contributed by atoms with E-state index in [4.69, 9.17) is 28.6 Å². The molecule has 0 spiro atoms. The first kappa shape index (κ1) is 19.5. The fourth-order valence-electron chi connectivity index (χ4n) is 1.38. The molecule has 0 atom stereocenters. The number of benzene rings is 1. The van der Waals surface area contributed by atoms with Gasteiger partial charge in [0.1, 0.15) is 0 Å². The maximum absolute atomic E-state index is 4.89. The van der Waals surface area contributed by atoms with Crippen molar-refractivity contribution in [2.45, 2.75) is 39.3 Å². The van der Waals surface area contributed by atoms with Crippen molar-refractivity contribution < 1.29 is 17.0 Å². The second-order valence-corrected chi connectivity index (χ2v) is 17.8. The van der Waals surface area contributed by atoms with Gasteiger partial charge in [-0.05, 0) is 16.5 Å². The van der Waals surface area contributed by atoms with Crippen molar-refractivity contribution in [3.05, 3.63) is 34.2 Å². The molecule has 1 aromatic carbocycles. The van der Waals surface area contributed by atoms with E-state index in [0.717, 1.165) is 11.4 Å². The van der Waals surface area contributed by atoms with Crippen LogP contribution in [0, 0.1) is 0 Å². The van der Waals surface area contributed by atoms with Crippen molar-refractivity contribution in [1.29, 1.82) is 0 Å². The number of nitrogens with zero attached hydrogens (tertiary/aromatic N) is 2. The SMILES string of the molecule is C[Si](C)(C)[N-]c1ccccc1[N-][Si](C)(C)C.[Cl][Ti][Cl]. The molecule has 0 amide bonds. The number of rotatable bonds is 4. The number of halogens is 2. The molecule has 7 heteroatoms. The second kappa shape index (κ2) is 8.75. The van der Waals surface area contributed by atoms with Crippen LogP contribution in [0.5, 0.6) is 0 Å². The van der Waals surface area contributed by atoms with Gasteiger partial charge in [-0.3, -0.25) is 0 Å². The number of hydrogen-bond donors (Lipinski definition) is 0. The van der Waals surface area contributed by atoms with Crippen LogP contribution in [0.15, 0.2) is 24.3 Å². The molecule has 0 fully saturated rings. The monoisotopic (exact) mass is 368 g/mol. The van der Waals surface area contributed by atoms with Gasteiger partial charge in [0.05, 0.1) is 0 Å². The van der Waals surface area contributed by atoms with E-state index in [1.54, 1.807) is 0 Å². The first-order chi connectivity index (χ1) is 8.59. The Morgan fingerprint density at radius 1 is 0.789 bits per heavy atom. The van der Waals surface area contributed by atoms with Crippen molar-refractivity contribution in [3.63, 3.8) is 0 Å². The van der Waals surface area contributed by atoms with Crippen molar-refractivity contribution in [1.82, 2.24) is 0 Å². The average molecular weight is 369 g/mol. The van der Waals surface area contributed by atoms with Gasteiger partial charge < -0.3 is 9.96 Å². The summed E-state index contributed by atoms with van der Waals surface area (Å²) in [5, 5.41) is 0. The van der Waals surface area contributed by atoms with Crippen LogP contribution >= 0.6 is 18.6 Å². The van der Waals surface area contributed by atoms with Crippen LogP contribution < -0.4 is 0 Å². The van der Waals surface area contributed by atoms with E-state index in [1.807, 2.05) is 12.1 Å². The Morgan fingerprint density at radius 3 is 1.26 bits per heavy atom. The summed E-state index contributed by atoms with van der Waals surface area (Å²) in [5.74, 6) is 0. The summed E-state index contributed by atoms with van der Waals surface area (Å²) >= 11 is -0.556. The molecule has 1 rings (SSSR count). The Hall–Kier alpha value is 0.548. The summed E-state index contributed by atoms with van der Waals surface area (Å²) in [4.78, 5) is 9.69. The van der Waals surface area contributed by atoms with Gasteiger partial charge in [-0.1, -0.05) is 63.5 Å². The minimum atomic E-state index is -1.42. The van der Waals surface area contributed by atoms with Crippen LogP contribution in [0.1, 0.15) is 0 Å². The van der Waals surface area contributed by atoms with Gasteiger partial charge in [0, 0.05) is 0 Å². The Balaban J connectivity index is 0.000000982. The van der Waals surface area contributed by atoms with E-state index in [0.29, 0.717) is 0 Å². The Labute approximate surface area is 136 Å². The molecule has 0 saturated heterocycles. The summed E-state index contributed by atoms with van der Waals surface area (Å²) in [6, 6.07) is 8.25. The quantitative estimate of drug-likeness (QED) is 0.526. The molecule has 0 saturated carbocycles. The predicted molar refractivity (Wildman–Crippen MR) is 90.9 cm³/mol. The van der Waals surface area contributed by atoms with E-state index in [1.165, 1.54) is 0 Å². The molecule has 19 heavy (non-hydrogen) atoms. The zero-order valence-corrected chi connectivity index (χ0v) is 17.5. The zero-order chi connectivity index (χ0) is 15.1. The molecule has 0 unspecified atom stereocenters. The normalized spacial score (nSPS) is 11.2. The van der Waals surface area contributed by atoms with Gasteiger partial charge in [-0.15, -0.1) is 0 Å². The van der Waals surface area contributed by atoms with Crippen LogP contribution in [0.3, 0.4) is 0 Å². The van der Waals surface area contributed by atoms with Gasteiger partial charge in [-0.25, -0.2) is 0 Å². The molecule has 108 valence electrons. The van der Waals surface area contributed by atoms with Crippen LogP contribution in [-0.4, -0.2) is 16.5 Å². The summed E-state index contributed by atoms with van der Waals surface area (Å²) in [6.07, 6.45) is 0. The Bertz CT molecular complexity index is 344. The minimum absolute atomic E-state index is 0.556. The van der Waals surface area contributed by atoms with Crippen molar-refractivity contribution in [3.8, 4) is 0 Å². The van der Waals surface area contributed by atoms with Crippen LogP contribution in [0.25, 0.3) is 9.96 Å². The number of hydrogen-bond acceptors (Lipinski definition) is 0.